The maximum Gasteiger partial charge on any atom is 0.315 e. The highest BCUT2D eigenvalue weighted by atomic mass is 32.1. The van der Waals surface area contributed by atoms with E-state index in [1.807, 2.05) is 24.6 Å². The number of urea groups is 1. The highest BCUT2D eigenvalue weighted by Crippen LogP contribution is 2.16. The molecule has 0 atom stereocenters. The number of hydrogen-bond donors (Lipinski definition) is 2. The van der Waals surface area contributed by atoms with Crippen LogP contribution < -0.4 is 10.6 Å². The summed E-state index contributed by atoms with van der Waals surface area (Å²) in [7, 11) is 0. The first-order chi connectivity index (χ1) is 10.1. The molecule has 0 saturated heterocycles. The molecule has 0 radical (unpaired) electrons. The Morgan fingerprint density at radius 3 is 2.86 bits per heavy atom. The summed E-state index contributed by atoms with van der Waals surface area (Å²) >= 11 is 1.62. The van der Waals surface area contributed by atoms with Crippen LogP contribution in [-0.2, 0) is 13.1 Å². The van der Waals surface area contributed by atoms with E-state index in [0.717, 1.165) is 35.0 Å². The predicted molar refractivity (Wildman–Crippen MR) is 83.3 cm³/mol. The van der Waals surface area contributed by atoms with Crippen LogP contribution in [0.3, 0.4) is 0 Å². The normalized spacial score (nSPS) is 10.6. The number of aryl methyl sites for hydroxylation is 3. The zero-order valence-electron chi connectivity index (χ0n) is 12.4. The summed E-state index contributed by atoms with van der Waals surface area (Å²) in [4.78, 5) is 21.1. The van der Waals surface area contributed by atoms with Crippen molar-refractivity contribution in [3.8, 4) is 0 Å². The van der Waals surface area contributed by atoms with Crippen molar-refractivity contribution in [1.29, 1.82) is 0 Å². The van der Waals surface area contributed by atoms with Crippen molar-refractivity contribution in [1.82, 2.24) is 25.2 Å². The molecule has 2 rings (SSSR count). The smallest absolute Gasteiger partial charge is 0.315 e. The lowest BCUT2D eigenvalue weighted by molar-refractivity contribution is 0.240. The number of aromatic nitrogens is 3. The van der Waals surface area contributed by atoms with Crippen LogP contribution in [0.25, 0.3) is 0 Å². The minimum Gasteiger partial charge on any atom is -0.338 e. The Hall–Kier alpha value is -1.89. The van der Waals surface area contributed by atoms with E-state index in [2.05, 4.69) is 20.6 Å². The van der Waals surface area contributed by atoms with Crippen LogP contribution in [0.15, 0.2) is 18.7 Å². The number of hydrogen-bond acceptors (Lipinski definition) is 4. The fraction of sp³-hybridized carbons (Fsp3) is 0.500. The monoisotopic (exact) mass is 307 g/mol. The molecule has 114 valence electrons. The average Bonchev–Trinajstić information content (AvgIpc) is 3.06. The number of carbonyl (C=O) groups is 1. The lowest BCUT2D eigenvalue weighted by Crippen LogP contribution is -2.35. The van der Waals surface area contributed by atoms with Crippen LogP contribution in [0.5, 0.6) is 0 Å². The van der Waals surface area contributed by atoms with Crippen LogP contribution in [0.4, 0.5) is 4.79 Å². The van der Waals surface area contributed by atoms with Gasteiger partial charge in [0.2, 0.25) is 0 Å². The van der Waals surface area contributed by atoms with E-state index < -0.39 is 0 Å². The number of amides is 2. The maximum absolute atomic E-state index is 11.7. The molecule has 2 amide bonds. The second-order valence-corrected chi connectivity index (χ2v) is 6.15. The molecule has 0 saturated carbocycles. The van der Waals surface area contributed by atoms with Crippen molar-refractivity contribution in [2.45, 2.75) is 39.8 Å². The highest BCUT2D eigenvalue weighted by Gasteiger charge is 2.06. The van der Waals surface area contributed by atoms with Crippen molar-refractivity contribution in [3.05, 3.63) is 34.3 Å². The molecular weight excluding hydrogens is 286 g/mol. The summed E-state index contributed by atoms with van der Waals surface area (Å²) in [5.41, 5.74) is 0.998. The van der Waals surface area contributed by atoms with Crippen LogP contribution in [0.2, 0.25) is 0 Å². The molecule has 2 aromatic heterocycles. The van der Waals surface area contributed by atoms with Gasteiger partial charge >= 0.3 is 6.03 Å². The Morgan fingerprint density at radius 2 is 2.19 bits per heavy atom. The van der Waals surface area contributed by atoms with Gasteiger partial charge in [-0.2, -0.15) is 0 Å². The number of unbranched alkanes of at least 4 members (excludes halogenated alkanes) is 1. The third kappa shape index (κ3) is 5.18. The second kappa shape index (κ2) is 7.78. The quantitative estimate of drug-likeness (QED) is 0.771. The fourth-order valence-corrected chi connectivity index (χ4v) is 2.88. The second-order valence-electron chi connectivity index (χ2n) is 4.86. The summed E-state index contributed by atoms with van der Waals surface area (Å²) < 4.78 is 2.04. The molecule has 0 aromatic carbocycles. The van der Waals surface area contributed by atoms with Gasteiger partial charge in [-0.15, -0.1) is 11.3 Å². The van der Waals surface area contributed by atoms with Crippen LogP contribution in [0.1, 0.15) is 28.4 Å². The van der Waals surface area contributed by atoms with E-state index in [9.17, 15) is 4.79 Å². The van der Waals surface area contributed by atoms with E-state index in [1.165, 1.54) is 0 Å². The molecule has 0 spiro atoms. The summed E-state index contributed by atoms with van der Waals surface area (Å²) in [5, 5.41) is 6.76. The Bertz CT molecular complexity index is 564. The molecule has 7 heteroatoms. The Morgan fingerprint density at radius 1 is 1.33 bits per heavy atom. The summed E-state index contributed by atoms with van der Waals surface area (Å²) in [6.45, 7) is 6.10. The molecule has 0 aliphatic rings. The minimum atomic E-state index is -0.122. The van der Waals surface area contributed by atoms with Gasteiger partial charge in [0.15, 0.2) is 0 Å². The van der Waals surface area contributed by atoms with E-state index >= 15 is 0 Å². The molecule has 0 aliphatic carbocycles. The number of nitrogens with one attached hydrogen (secondary N) is 2. The average molecular weight is 307 g/mol. The van der Waals surface area contributed by atoms with Crippen LogP contribution in [-0.4, -0.2) is 27.1 Å². The SMILES string of the molecule is Cc1nc(C)c(CNC(=O)NCCCCn2ccnc2)s1. The lowest BCUT2D eigenvalue weighted by Gasteiger charge is -2.07. The van der Waals surface area contributed by atoms with Crippen molar-refractivity contribution >= 4 is 17.4 Å². The van der Waals surface area contributed by atoms with Crippen molar-refractivity contribution in [3.63, 3.8) is 0 Å². The molecule has 21 heavy (non-hydrogen) atoms. The third-order valence-corrected chi connectivity index (χ3v) is 4.17. The molecule has 2 aromatic rings. The first kappa shape index (κ1) is 15.5. The molecular formula is C14H21N5OS. The molecule has 0 fully saturated rings. The Balaban J connectivity index is 1.56. The molecule has 0 bridgehead atoms. The molecule has 2 N–H and O–H groups in total. The van der Waals surface area contributed by atoms with Crippen molar-refractivity contribution in [2.24, 2.45) is 0 Å². The zero-order chi connectivity index (χ0) is 15.1. The van der Waals surface area contributed by atoms with Gasteiger partial charge in [0, 0.05) is 30.4 Å². The molecule has 6 nitrogen and oxygen atoms in total. The first-order valence-corrected chi connectivity index (χ1v) is 7.87. The van der Waals surface area contributed by atoms with E-state index in [4.69, 9.17) is 0 Å². The van der Waals surface area contributed by atoms with Gasteiger partial charge in [0.25, 0.3) is 0 Å². The number of imidazole rings is 1. The van der Waals surface area contributed by atoms with Gasteiger partial charge < -0.3 is 15.2 Å². The third-order valence-electron chi connectivity index (χ3n) is 3.10. The zero-order valence-corrected chi connectivity index (χ0v) is 13.2. The standard InChI is InChI=1S/C14H21N5OS/c1-11-13(21-12(2)18-11)9-17-14(20)16-5-3-4-7-19-8-6-15-10-19/h6,8,10H,3-5,7,9H2,1-2H3,(H2,16,17,20). The van der Waals surface area contributed by atoms with Gasteiger partial charge in [-0.25, -0.2) is 14.8 Å². The minimum absolute atomic E-state index is 0.122. The van der Waals surface area contributed by atoms with E-state index in [0.29, 0.717) is 13.1 Å². The largest absolute Gasteiger partial charge is 0.338 e. The Labute approximate surface area is 128 Å². The summed E-state index contributed by atoms with van der Waals surface area (Å²) in [6, 6.07) is -0.122. The number of carbonyl (C=O) groups excluding carboxylic acids is 1. The number of nitrogens with zero attached hydrogens (tertiary/aromatic N) is 3. The van der Waals surface area contributed by atoms with Gasteiger partial charge in [-0.05, 0) is 26.7 Å². The Kier molecular flexibility index (Phi) is 5.74. The highest BCUT2D eigenvalue weighted by molar-refractivity contribution is 7.11. The predicted octanol–water partition coefficient (Wildman–Crippen LogP) is 2.24. The number of thiazole rings is 1. The summed E-state index contributed by atoms with van der Waals surface area (Å²) in [6.07, 6.45) is 7.49. The summed E-state index contributed by atoms with van der Waals surface area (Å²) in [5.74, 6) is 0. The lowest BCUT2D eigenvalue weighted by atomic mass is 10.3. The van der Waals surface area contributed by atoms with Gasteiger partial charge in [-0.1, -0.05) is 0 Å². The first-order valence-electron chi connectivity index (χ1n) is 7.05. The van der Waals surface area contributed by atoms with Gasteiger partial charge in [-0.3, -0.25) is 0 Å². The van der Waals surface area contributed by atoms with Crippen molar-refractivity contribution < 1.29 is 4.79 Å². The molecule has 0 aliphatic heterocycles. The van der Waals surface area contributed by atoms with E-state index in [-0.39, 0.29) is 6.03 Å². The molecule has 2 heterocycles. The number of rotatable bonds is 7. The van der Waals surface area contributed by atoms with E-state index in [1.54, 1.807) is 23.9 Å². The van der Waals surface area contributed by atoms with Crippen LogP contribution in [0, 0.1) is 13.8 Å². The van der Waals surface area contributed by atoms with Gasteiger partial charge in [0.1, 0.15) is 0 Å². The topological polar surface area (TPSA) is 71.8 Å². The molecule has 0 unspecified atom stereocenters. The maximum atomic E-state index is 11.7. The fourth-order valence-electron chi connectivity index (χ4n) is 2.00. The van der Waals surface area contributed by atoms with Crippen LogP contribution >= 0.6 is 11.3 Å². The van der Waals surface area contributed by atoms with Gasteiger partial charge in [0.05, 0.1) is 23.6 Å². The van der Waals surface area contributed by atoms with Crippen molar-refractivity contribution in [2.75, 3.05) is 6.54 Å².